The van der Waals surface area contributed by atoms with Gasteiger partial charge in [-0.05, 0) is 31.9 Å². The minimum absolute atomic E-state index is 0. The summed E-state index contributed by atoms with van der Waals surface area (Å²) in [5.41, 5.74) is 5.93. The molecule has 2 atom stereocenters. The Balaban J connectivity index is 0.00000288. The molecule has 1 amide bonds. The molecule has 1 fully saturated rings. The van der Waals surface area contributed by atoms with Gasteiger partial charge in [-0.2, -0.15) is 0 Å². The monoisotopic (exact) mass is 356 g/mol. The molecule has 0 bridgehead atoms. The van der Waals surface area contributed by atoms with Gasteiger partial charge in [-0.15, -0.1) is 12.4 Å². The summed E-state index contributed by atoms with van der Waals surface area (Å²) in [6.45, 7) is 2.95. The van der Waals surface area contributed by atoms with Crippen molar-refractivity contribution in [1.29, 1.82) is 0 Å². The van der Waals surface area contributed by atoms with E-state index in [9.17, 15) is 4.79 Å². The van der Waals surface area contributed by atoms with Crippen LogP contribution in [0.4, 0.5) is 0 Å². The van der Waals surface area contributed by atoms with Gasteiger partial charge in [0.1, 0.15) is 6.61 Å². The van der Waals surface area contributed by atoms with Gasteiger partial charge in [0.25, 0.3) is 0 Å². The molecule has 1 saturated carbocycles. The molecule has 0 saturated heterocycles. The molecule has 5 nitrogen and oxygen atoms in total. The number of hydrogen-bond acceptors (Lipinski definition) is 4. The molecule has 2 rings (SSSR count). The molecular weight excluding hydrogens is 328 g/mol. The van der Waals surface area contributed by atoms with Crippen molar-refractivity contribution in [3.05, 3.63) is 24.3 Å². The second kappa shape index (κ2) is 9.14. The number of amides is 1. The molecule has 0 radical (unpaired) electrons. The fraction of sp³-hybridized carbons (Fsp3) is 0.611. The topological polar surface area (TPSA) is 64.8 Å². The summed E-state index contributed by atoms with van der Waals surface area (Å²) in [5.74, 6) is 1.42. The van der Waals surface area contributed by atoms with E-state index >= 15 is 0 Å². The number of likely N-dealkylation sites (N-methyl/N-ethyl adjacent to an activating group) is 1. The van der Waals surface area contributed by atoms with E-state index in [-0.39, 0.29) is 24.2 Å². The van der Waals surface area contributed by atoms with E-state index in [4.69, 9.17) is 15.2 Å². The molecule has 2 N–H and O–H groups in total. The Kier molecular flexibility index (Phi) is 7.84. The summed E-state index contributed by atoms with van der Waals surface area (Å²) < 4.78 is 11.0. The molecule has 2 unspecified atom stereocenters. The number of methoxy groups -OCH3 is 1. The molecule has 0 aliphatic heterocycles. The summed E-state index contributed by atoms with van der Waals surface area (Å²) >= 11 is 0. The van der Waals surface area contributed by atoms with Crippen LogP contribution in [-0.2, 0) is 4.79 Å². The van der Waals surface area contributed by atoms with Gasteiger partial charge in [-0.3, -0.25) is 4.79 Å². The van der Waals surface area contributed by atoms with Crippen molar-refractivity contribution in [3.63, 3.8) is 0 Å². The van der Waals surface area contributed by atoms with E-state index in [2.05, 4.69) is 0 Å². The Morgan fingerprint density at radius 2 is 2.00 bits per heavy atom. The summed E-state index contributed by atoms with van der Waals surface area (Å²) in [7, 11) is 3.43. The Hall–Kier alpha value is -1.46. The van der Waals surface area contributed by atoms with Gasteiger partial charge in [-0.25, -0.2) is 0 Å². The molecule has 1 aliphatic rings. The van der Waals surface area contributed by atoms with E-state index < -0.39 is 5.54 Å². The van der Waals surface area contributed by atoms with Crippen LogP contribution in [-0.4, -0.2) is 43.7 Å². The normalized spacial score (nSPS) is 23.1. The van der Waals surface area contributed by atoms with Crippen molar-refractivity contribution in [2.45, 2.75) is 38.1 Å². The van der Waals surface area contributed by atoms with Crippen LogP contribution in [0.1, 0.15) is 32.6 Å². The van der Waals surface area contributed by atoms with E-state index in [1.165, 1.54) is 0 Å². The highest BCUT2D eigenvalue weighted by molar-refractivity contribution is 5.85. The molecule has 1 aromatic carbocycles. The molecule has 1 aromatic rings. The Morgan fingerprint density at radius 3 is 2.62 bits per heavy atom. The number of ether oxygens (including phenoxy) is 2. The second-order valence-electron chi connectivity index (χ2n) is 6.56. The Bertz CT molecular complexity index is 537. The lowest BCUT2D eigenvalue weighted by Gasteiger charge is -2.39. The third-order valence-corrected chi connectivity index (χ3v) is 4.68. The van der Waals surface area contributed by atoms with Crippen LogP contribution in [0.3, 0.4) is 0 Å². The molecule has 0 aromatic heterocycles. The number of halogens is 1. The summed E-state index contributed by atoms with van der Waals surface area (Å²) in [6.07, 6.45) is 3.98. The summed E-state index contributed by atoms with van der Waals surface area (Å²) in [6, 6.07) is 7.51. The number of carbonyl (C=O) groups is 1. The minimum atomic E-state index is -0.396. The number of carbonyl (C=O) groups excluding carboxylic acids is 1. The van der Waals surface area contributed by atoms with Crippen molar-refractivity contribution in [1.82, 2.24) is 4.90 Å². The van der Waals surface area contributed by atoms with Gasteiger partial charge in [0, 0.05) is 12.6 Å². The number of rotatable bonds is 6. The number of nitrogens with two attached hydrogens (primary N) is 1. The fourth-order valence-electron chi connectivity index (χ4n) is 3.17. The van der Waals surface area contributed by atoms with E-state index in [0.717, 1.165) is 25.7 Å². The SMILES string of the molecule is COc1ccccc1OCCN(C)C(=O)C1CCCCC1(C)N.Cl. The number of para-hydroxylation sites is 2. The van der Waals surface area contributed by atoms with Crippen LogP contribution in [0.15, 0.2) is 24.3 Å². The maximum Gasteiger partial charge on any atom is 0.227 e. The summed E-state index contributed by atoms with van der Waals surface area (Å²) in [5, 5.41) is 0. The Labute approximate surface area is 150 Å². The average Bonchev–Trinajstić information content (AvgIpc) is 2.54. The van der Waals surface area contributed by atoms with Crippen LogP contribution in [0.2, 0.25) is 0 Å². The third kappa shape index (κ3) is 5.02. The van der Waals surface area contributed by atoms with Gasteiger partial charge in [0.2, 0.25) is 5.91 Å². The number of nitrogens with zero attached hydrogens (tertiary/aromatic N) is 1. The molecule has 0 spiro atoms. The lowest BCUT2D eigenvalue weighted by molar-refractivity contribution is -0.137. The maximum absolute atomic E-state index is 12.6. The highest BCUT2D eigenvalue weighted by Crippen LogP contribution is 2.32. The van der Waals surface area contributed by atoms with Gasteiger partial charge in [0.15, 0.2) is 11.5 Å². The van der Waals surface area contributed by atoms with Gasteiger partial charge in [-0.1, -0.05) is 25.0 Å². The minimum Gasteiger partial charge on any atom is -0.493 e. The van der Waals surface area contributed by atoms with Crippen LogP contribution in [0.5, 0.6) is 11.5 Å². The lowest BCUT2D eigenvalue weighted by Crippen LogP contribution is -2.53. The maximum atomic E-state index is 12.6. The molecule has 1 aliphatic carbocycles. The van der Waals surface area contributed by atoms with Gasteiger partial charge >= 0.3 is 0 Å². The quantitative estimate of drug-likeness (QED) is 0.851. The highest BCUT2D eigenvalue weighted by atomic mass is 35.5. The zero-order chi connectivity index (χ0) is 16.9. The number of benzene rings is 1. The second-order valence-corrected chi connectivity index (χ2v) is 6.56. The Morgan fingerprint density at radius 1 is 1.33 bits per heavy atom. The first-order valence-electron chi connectivity index (χ1n) is 8.25. The van der Waals surface area contributed by atoms with Crippen molar-refractivity contribution in [3.8, 4) is 11.5 Å². The van der Waals surface area contributed by atoms with E-state index in [0.29, 0.717) is 24.7 Å². The standard InChI is InChI=1S/C18H28N2O3.ClH/c1-18(19)11-7-6-8-14(18)17(21)20(2)12-13-23-16-10-5-4-9-15(16)22-3;/h4-5,9-10,14H,6-8,11-13,19H2,1-3H3;1H. The van der Waals surface area contributed by atoms with Crippen LogP contribution in [0.25, 0.3) is 0 Å². The van der Waals surface area contributed by atoms with Crippen molar-refractivity contribution in [2.24, 2.45) is 11.7 Å². The third-order valence-electron chi connectivity index (χ3n) is 4.68. The number of hydrogen-bond donors (Lipinski definition) is 1. The van der Waals surface area contributed by atoms with Gasteiger partial charge < -0.3 is 20.1 Å². The van der Waals surface area contributed by atoms with Gasteiger partial charge in [0.05, 0.1) is 19.6 Å². The predicted octanol–water partition coefficient (Wildman–Crippen LogP) is 2.86. The molecule has 136 valence electrons. The molecule has 6 heteroatoms. The fourth-order valence-corrected chi connectivity index (χ4v) is 3.17. The predicted molar refractivity (Wildman–Crippen MR) is 97.9 cm³/mol. The molecule has 0 heterocycles. The first-order valence-corrected chi connectivity index (χ1v) is 8.25. The summed E-state index contributed by atoms with van der Waals surface area (Å²) in [4.78, 5) is 14.4. The zero-order valence-electron chi connectivity index (χ0n) is 14.8. The zero-order valence-corrected chi connectivity index (χ0v) is 15.6. The van der Waals surface area contributed by atoms with Crippen molar-refractivity contribution in [2.75, 3.05) is 27.3 Å². The lowest BCUT2D eigenvalue weighted by atomic mass is 9.74. The molecular formula is C18H29ClN2O3. The van der Waals surface area contributed by atoms with Crippen LogP contribution < -0.4 is 15.2 Å². The van der Waals surface area contributed by atoms with Crippen molar-refractivity contribution < 1.29 is 14.3 Å². The van der Waals surface area contributed by atoms with E-state index in [1.807, 2.05) is 38.2 Å². The smallest absolute Gasteiger partial charge is 0.227 e. The first kappa shape index (κ1) is 20.6. The largest absolute Gasteiger partial charge is 0.493 e. The first-order chi connectivity index (χ1) is 11.0. The van der Waals surface area contributed by atoms with E-state index in [1.54, 1.807) is 12.0 Å². The molecule has 24 heavy (non-hydrogen) atoms. The van der Waals surface area contributed by atoms with Crippen LogP contribution >= 0.6 is 12.4 Å². The van der Waals surface area contributed by atoms with Crippen LogP contribution in [0, 0.1) is 5.92 Å². The van der Waals surface area contributed by atoms with Crippen molar-refractivity contribution >= 4 is 18.3 Å². The highest BCUT2D eigenvalue weighted by Gasteiger charge is 2.38. The average molecular weight is 357 g/mol.